The van der Waals surface area contributed by atoms with Crippen molar-refractivity contribution in [3.63, 3.8) is 0 Å². The molecule has 1 aromatic rings. The van der Waals surface area contributed by atoms with Crippen LogP contribution in [0, 0.1) is 0 Å². The van der Waals surface area contributed by atoms with Gasteiger partial charge in [0.15, 0.2) is 0 Å². The molecular weight excluding hydrogens is 233 g/mol. The molecule has 2 nitrogen and oxygen atoms in total. The largest absolute Gasteiger partial charge is 0.383 e. The number of methoxy groups -OCH3 is 1. The van der Waals surface area contributed by atoms with Crippen LogP contribution in [-0.2, 0) is 11.3 Å². The monoisotopic (exact) mass is 247 g/mol. The quantitative estimate of drug-likeness (QED) is 0.781. The van der Waals surface area contributed by atoms with E-state index in [-0.39, 0.29) is 6.04 Å². The Hall–Kier alpha value is -0.280. The third kappa shape index (κ3) is 4.39. The van der Waals surface area contributed by atoms with Gasteiger partial charge in [0.05, 0.1) is 6.61 Å². The minimum absolute atomic E-state index is 0.160. The second-order valence-electron chi connectivity index (χ2n) is 3.28. The summed E-state index contributed by atoms with van der Waals surface area (Å²) in [6.07, 6.45) is 0. The minimum Gasteiger partial charge on any atom is -0.383 e. The van der Waals surface area contributed by atoms with Gasteiger partial charge in [-0.25, -0.2) is 0 Å². The molecule has 0 heterocycles. The number of hydrogen-bond acceptors (Lipinski definition) is 2. The summed E-state index contributed by atoms with van der Waals surface area (Å²) in [5.41, 5.74) is 1.07. The van der Waals surface area contributed by atoms with Crippen molar-refractivity contribution in [2.75, 3.05) is 19.6 Å². The Kier molecular flexibility index (Phi) is 6.03. The molecule has 84 valence electrons. The lowest BCUT2D eigenvalue weighted by molar-refractivity contribution is 0.172. The Morgan fingerprint density at radius 2 is 2.13 bits per heavy atom. The van der Waals surface area contributed by atoms with E-state index >= 15 is 0 Å². The van der Waals surface area contributed by atoms with E-state index in [1.54, 1.807) is 7.11 Å². The molecule has 0 aliphatic heterocycles. The van der Waals surface area contributed by atoms with E-state index in [0.29, 0.717) is 19.0 Å². The molecule has 0 amide bonds. The van der Waals surface area contributed by atoms with Crippen molar-refractivity contribution in [2.24, 2.45) is 0 Å². The van der Waals surface area contributed by atoms with Crippen LogP contribution in [0.3, 0.4) is 0 Å². The fourth-order valence-electron chi connectivity index (χ4n) is 1.26. The molecule has 1 N–H and O–H groups in total. The van der Waals surface area contributed by atoms with Gasteiger partial charge in [-0.1, -0.05) is 29.8 Å². The Morgan fingerprint density at radius 3 is 2.73 bits per heavy atom. The molecule has 0 radical (unpaired) electrons. The summed E-state index contributed by atoms with van der Waals surface area (Å²) < 4.78 is 5.03. The van der Waals surface area contributed by atoms with Gasteiger partial charge in [-0.3, -0.25) is 0 Å². The number of halogens is 2. The predicted molar refractivity (Wildman–Crippen MR) is 64.7 cm³/mol. The molecule has 0 saturated heterocycles. The van der Waals surface area contributed by atoms with Crippen LogP contribution in [0.5, 0.6) is 0 Å². The zero-order valence-electron chi connectivity index (χ0n) is 8.67. The van der Waals surface area contributed by atoms with Crippen LogP contribution in [0.1, 0.15) is 5.56 Å². The van der Waals surface area contributed by atoms with Gasteiger partial charge in [0.2, 0.25) is 0 Å². The van der Waals surface area contributed by atoms with Crippen LogP contribution in [0.25, 0.3) is 0 Å². The number of nitrogens with one attached hydrogen (secondary N) is 1. The first kappa shape index (κ1) is 12.8. The molecular formula is C11H15Cl2NO. The lowest BCUT2D eigenvalue weighted by atomic mass is 10.2. The summed E-state index contributed by atoms with van der Waals surface area (Å²) in [4.78, 5) is 0. The Labute approximate surface area is 101 Å². The van der Waals surface area contributed by atoms with Crippen LogP contribution in [0.4, 0.5) is 0 Å². The molecule has 4 heteroatoms. The fourth-order valence-corrected chi connectivity index (χ4v) is 1.66. The molecule has 1 rings (SSSR count). The zero-order chi connectivity index (χ0) is 11.1. The summed E-state index contributed by atoms with van der Waals surface area (Å²) in [5, 5.41) is 4.06. The SMILES string of the molecule is COCC(CCl)NCc1ccccc1Cl. The number of rotatable bonds is 6. The molecule has 0 aliphatic rings. The van der Waals surface area contributed by atoms with Gasteiger partial charge in [0, 0.05) is 30.6 Å². The van der Waals surface area contributed by atoms with Gasteiger partial charge in [-0.2, -0.15) is 0 Å². The normalized spacial score (nSPS) is 12.7. The second kappa shape index (κ2) is 7.07. The van der Waals surface area contributed by atoms with Crippen LogP contribution in [-0.4, -0.2) is 25.6 Å². The van der Waals surface area contributed by atoms with E-state index in [1.165, 1.54) is 0 Å². The van der Waals surface area contributed by atoms with Crippen molar-refractivity contribution in [1.82, 2.24) is 5.32 Å². The molecule has 0 aromatic heterocycles. The first-order valence-electron chi connectivity index (χ1n) is 4.79. The molecule has 0 saturated carbocycles. The smallest absolute Gasteiger partial charge is 0.0627 e. The number of ether oxygens (including phenoxy) is 1. The van der Waals surface area contributed by atoms with E-state index in [4.69, 9.17) is 27.9 Å². The summed E-state index contributed by atoms with van der Waals surface area (Å²) in [5.74, 6) is 0.526. The number of benzene rings is 1. The predicted octanol–water partition coefficient (Wildman–Crippen LogP) is 2.68. The topological polar surface area (TPSA) is 21.3 Å². The van der Waals surface area contributed by atoms with Crippen molar-refractivity contribution in [2.45, 2.75) is 12.6 Å². The zero-order valence-corrected chi connectivity index (χ0v) is 10.2. The third-order valence-electron chi connectivity index (χ3n) is 2.09. The van der Waals surface area contributed by atoms with E-state index in [1.807, 2.05) is 24.3 Å². The Morgan fingerprint density at radius 1 is 1.40 bits per heavy atom. The molecule has 1 unspecified atom stereocenters. The highest BCUT2D eigenvalue weighted by molar-refractivity contribution is 6.31. The van der Waals surface area contributed by atoms with E-state index < -0.39 is 0 Å². The Bertz CT molecular complexity index is 294. The fraction of sp³-hybridized carbons (Fsp3) is 0.455. The van der Waals surface area contributed by atoms with E-state index in [0.717, 1.165) is 10.6 Å². The van der Waals surface area contributed by atoms with Crippen molar-refractivity contribution >= 4 is 23.2 Å². The highest BCUT2D eigenvalue weighted by Gasteiger charge is 2.06. The van der Waals surface area contributed by atoms with Crippen molar-refractivity contribution < 1.29 is 4.74 Å². The summed E-state index contributed by atoms with van der Waals surface area (Å²) in [6, 6.07) is 7.92. The van der Waals surface area contributed by atoms with Crippen molar-refractivity contribution in [1.29, 1.82) is 0 Å². The summed E-state index contributed by atoms with van der Waals surface area (Å²) in [6.45, 7) is 1.31. The molecule has 0 bridgehead atoms. The number of hydrogen-bond donors (Lipinski definition) is 1. The van der Waals surface area contributed by atoms with E-state index in [9.17, 15) is 0 Å². The average molecular weight is 248 g/mol. The van der Waals surface area contributed by atoms with Gasteiger partial charge in [0.25, 0.3) is 0 Å². The van der Waals surface area contributed by atoms with Gasteiger partial charge in [-0.15, -0.1) is 11.6 Å². The average Bonchev–Trinajstić information content (AvgIpc) is 2.26. The lowest BCUT2D eigenvalue weighted by Crippen LogP contribution is -2.34. The van der Waals surface area contributed by atoms with Crippen molar-refractivity contribution in [3.05, 3.63) is 34.9 Å². The van der Waals surface area contributed by atoms with Gasteiger partial charge < -0.3 is 10.1 Å². The first-order chi connectivity index (χ1) is 7.27. The summed E-state index contributed by atoms with van der Waals surface area (Å²) in [7, 11) is 1.66. The second-order valence-corrected chi connectivity index (χ2v) is 3.99. The number of alkyl halides is 1. The molecule has 1 atom stereocenters. The molecule has 15 heavy (non-hydrogen) atoms. The highest BCUT2D eigenvalue weighted by Crippen LogP contribution is 2.14. The van der Waals surface area contributed by atoms with Gasteiger partial charge >= 0.3 is 0 Å². The van der Waals surface area contributed by atoms with Crippen LogP contribution in [0.15, 0.2) is 24.3 Å². The van der Waals surface area contributed by atoms with Crippen molar-refractivity contribution in [3.8, 4) is 0 Å². The van der Waals surface area contributed by atoms with E-state index in [2.05, 4.69) is 5.32 Å². The maximum atomic E-state index is 6.02. The maximum absolute atomic E-state index is 6.02. The van der Waals surface area contributed by atoms with Crippen LogP contribution in [0.2, 0.25) is 5.02 Å². The van der Waals surface area contributed by atoms with Crippen LogP contribution < -0.4 is 5.32 Å². The Balaban J connectivity index is 2.45. The standard InChI is InChI=1S/C11H15Cl2NO/c1-15-8-10(6-12)14-7-9-4-2-3-5-11(9)13/h2-5,10,14H,6-8H2,1H3. The molecule has 0 spiro atoms. The lowest BCUT2D eigenvalue weighted by Gasteiger charge is -2.15. The molecule has 0 fully saturated rings. The first-order valence-corrected chi connectivity index (χ1v) is 5.71. The van der Waals surface area contributed by atoms with Crippen LogP contribution >= 0.6 is 23.2 Å². The summed E-state index contributed by atoms with van der Waals surface area (Å²) >= 11 is 11.8. The van der Waals surface area contributed by atoms with Gasteiger partial charge in [-0.05, 0) is 11.6 Å². The van der Waals surface area contributed by atoms with Gasteiger partial charge in [0.1, 0.15) is 0 Å². The molecule has 1 aromatic carbocycles. The highest BCUT2D eigenvalue weighted by atomic mass is 35.5. The maximum Gasteiger partial charge on any atom is 0.0627 e. The minimum atomic E-state index is 0.160. The third-order valence-corrected chi connectivity index (χ3v) is 2.83. The molecule has 0 aliphatic carbocycles.